The SMILES string of the molecule is O=C(Cc1cc(F)cc(Br)c1)c1cn(C2CNC2)nn1. The van der Waals surface area contributed by atoms with Crippen LogP contribution in [0.1, 0.15) is 22.1 Å². The fourth-order valence-electron chi connectivity index (χ4n) is 2.03. The summed E-state index contributed by atoms with van der Waals surface area (Å²) in [5.74, 6) is -0.535. The molecular weight excluding hydrogens is 327 g/mol. The maximum absolute atomic E-state index is 13.3. The van der Waals surface area contributed by atoms with E-state index < -0.39 is 0 Å². The van der Waals surface area contributed by atoms with Crippen molar-refractivity contribution in [3.63, 3.8) is 0 Å². The molecule has 0 saturated carbocycles. The van der Waals surface area contributed by atoms with Crippen LogP contribution in [0.25, 0.3) is 0 Å². The largest absolute Gasteiger partial charge is 0.312 e. The Kier molecular flexibility index (Phi) is 3.62. The Morgan fingerprint density at radius 1 is 1.45 bits per heavy atom. The predicted octanol–water partition coefficient (Wildman–Crippen LogP) is 1.75. The highest BCUT2D eigenvalue weighted by molar-refractivity contribution is 9.10. The molecule has 1 aliphatic rings. The molecule has 0 atom stereocenters. The van der Waals surface area contributed by atoms with Crippen molar-refractivity contribution in [1.82, 2.24) is 20.3 Å². The van der Waals surface area contributed by atoms with E-state index in [1.807, 2.05) is 0 Å². The van der Waals surface area contributed by atoms with Gasteiger partial charge in [-0.1, -0.05) is 21.1 Å². The summed E-state index contributed by atoms with van der Waals surface area (Å²) in [6.45, 7) is 1.68. The molecule has 2 aromatic rings. The van der Waals surface area contributed by atoms with Crippen molar-refractivity contribution in [1.29, 1.82) is 0 Å². The van der Waals surface area contributed by atoms with Crippen molar-refractivity contribution in [2.45, 2.75) is 12.5 Å². The number of benzene rings is 1. The maximum Gasteiger partial charge on any atom is 0.189 e. The Bertz CT molecular complexity index is 633. The highest BCUT2D eigenvalue weighted by Gasteiger charge is 2.21. The number of Topliss-reactive ketones (excluding diaryl/α,β-unsaturated/α-hetero) is 1. The second-order valence-corrected chi connectivity index (χ2v) is 5.69. The van der Waals surface area contributed by atoms with E-state index in [0.717, 1.165) is 13.1 Å². The van der Waals surface area contributed by atoms with Crippen LogP contribution in [-0.2, 0) is 6.42 Å². The minimum atomic E-state index is -0.369. The lowest BCUT2D eigenvalue weighted by Crippen LogP contribution is -2.43. The summed E-state index contributed by atoms with van der Waals surface area (Å²) >= 11 is 3.21. The molecule has 1 aliphatic heterocycles. The second-order valence-electron chi connectivity index (χ2n) is 4.77. The summed E-state index contributed by atoms with van der Waals surface area (Å²) in [5.41, 5.74) is 0.930. The number of rotatable bonds is 4. The standard InChI is InChI=1S/C13H12BrFN4O/c14-9-1-8(2-10(15)4-9)3-13(20)12-7-19(18-17-12)11-5-16-6-11/h1-2,4,7,11,16H,3,5-6H2. The Morgan fingerprint density at radius 2 is 2.25 bits per heavy atom. The summed E-state index contributed by atoms with van der Waals surface area (Å²) < 4.78 is 15.6. The fraction of sp³-hybridized carbons (Fsp3) is 0.308. The van der Waals surface area contributed by atoms with Gasteiger partial charge in [-0.05, 0) is 23.8 Å². The van der Waals surface area contributed by atoms with Crippen LogP contribution in [0.4, 0.5) is 4.39 Å². The Hall–Kier alpha value is -1.60. The molecule has 104 valence electrons. The molecular formula is C13H12BrFN4O. The molecule has 0 bridgehead atoms. The molecule has 5 nitrogen and oxygen atoms in total. The summed E-state index contributed by atoms with van der Waals surface area (Å²) in [4.78, 5) is 12.1. The van der Waals surface area contributed by atoms with E-state index in [0.29, 0.717) is 15.7 Å². The van der Waals surface area contributed by atoms with E-state index in [-0.39, 0.29) is 24.1 Å². The number of halogens is 2. The van der Waals surface area contributed by atoms with E-state index in [2.05, 4.69) is 31.6 Å². The van der Waals surface area contributed by atoms with Gasteiger partial charge in [-0.25, -0.2) is 9.07 Å². The molecule has 1 aromatic heterocycles. The van der Waals surface area contributed by atoms with Crippen LogP contribution in [0.15, 0.2) is 28.9 Å². The highest BCUT2D eigenvalue weighted by Crippen LogP contribution is 2.17. The van der Waals surface area contributed by atoms with Crippen LogP contribution in [-0.4, -0.2) is 33.9 Å². The lowest BCUT2D eigenvalue weighted by atomic mass is 10.1. The van der Waals surface area contributed by atoms with E-state index in [4.69, 9.17) is 0 Å². The van der Waals surface area contributed by atoms with Crippen LogP contribution in [0.3, 0.4) is 0 Å². The molecule has 0 amide bonds. The van der Waals surface area contributed by atoms with E-state index in [1.54, 1.807) is 16.9 Å². The number of ketones is 1. The fourth-order valence-corrected chi connectivity index (χ4v) is 2.55. The zero-order valence-electron chi connectivity index (χ0n) is 10.5. The lowest BCUT2D eigenvalue weighted by molar-refractivity contribution is 0.0988. The molecule has 2 heterocycles. The number of nitrogens with one attached hydrogen (secondary N) is 1. The number of hydrogen-bond donors (Lipinski definition) is 1. The molecule has 0 unspecified atom stereocenters. The van der Waals surface area contributed by atoms with Crippen molar-refractivity contribution in [3.8, 4) is 0 Å². The van der Waals surface area contributed by atoms with Crippen molar-refractivity contribution in [2.75, 3.05) is 13.1 Å². The van der Waals surface area contributed by atoms with Crippen LogP contribution >= 0.6 is 15.9 Å². The first-order chi connectivity index (χ1) is 9.61. The van der Waals surface area contributed by atoms with Crippen LogP contribution in [0.2, 0.25) is 0 Å². The quantitative estimate of drug-likeness (QED) is 0.863. The molecule has 3 rings (SSSR count). The van der Waals surface area contributed by atoms with Gasteiger partial charge in [-0.3, -0.25) is 4.79 Å². The third kappa shape index (κ3) is 2.78. The number of aromatic nitrogens is 3. The number of carbonyl (C=O) groups is 1. The highest BCUT2D eigenvalue weighted by atomic mass is 79.9. The smallest absolute Gasteiger partial charge is 0.189 e. The van der Waals surface area contributed by atoms with Crippen molar-refractivity contribution in [2.24, 2.45) is 0 Å². The minimum Gasteiger partial charge on any atom is -0.312 e. The van der Waals surface area contributed by atoms with Gasteiger partial charge in [0.25, 0.3) is 0 Å². The molecule has 0 aliphatic carbocycles. The Labute approximate surface area is 123 Å². The first-order valence-corrected chi connectivity index (χ1v) is 7.02. The van der Waals surface area contributed by atoms with Gasteiger partial charge in [0.2, 0.25) is 0 Å². The topological polar surface area (TPSA) is 59.8 Å². The molecule has 7 heteroatoms. The average Bonchev–Trinajstić information content (AvgIpc) is 2.74. The van der Waals surface area contributed by atoms with E-state index in [1.165, 1.54) is 12.1 Å². The van der Waals surface area contributed by atoms with Gasteiger partial charge >= 0.3 is 0 Å². The first kappa shape index (κ1) is 13.4. The third-order valence-corrected chi connectivity index (χ3v) is 3.67. The minimum absolute atomic E-state index is 0.109. The van der Waals surface area contributed by atoms with Gasteiger partial charge in [0.15, 0.2) is 5.78 Å². The van der Waals surface area contributed by atoms with Crippen molar-refractivity contribution in [3.05, 3.63) is 45.9 Å². The summed E-state index contributed by atoms with van der Waals surface area (Å²) in [6, 6.07) is 4.70. The van der Waals surface area contributed by atoms with Gasteiger partial charge in [0, 0.05) is 24.0 Å². The van der Waals surface area contributed by atoms with Gasteiger partial charge < -0.3 is 5.32 Å². The number of carbonyl (C=O) groups excluding carboxylic acids is 1. The van der Waals surface area contributed by atoms with Crippen LogP contribution < -0.4 is 5.32 Å². The van der Waals surface area contributed by atoms with Crippen LogP contribution in [0.5, 0.6) is 0 Å². The molecule has 0 spiro atoms. The van der Waals surface area contributed by atoms with Gasteiger partial charge in [0.05, 0.1) is 12.2 Å². The molecule has 1 fully saturated rings. The zero-order valence-corrected chi connectivity index (χ0v) is 12.1. The molecule has 1 aromatic carbocycles. The summed E-state index contributed by atoms with van der Waals surface area (Å²) in [5, 5.41) is 11.0. The molecule has 0 radical (unpaired) electrons. The van der Waals surface area contributed by atoms with E-state index >= 15 is 0 Å². The van der Waals surface area contributed by atoms with E-state index in [9.17, 15) is 9.18 Å². The summed E-state index contributed by atoms with van der Waals surface area (Å²) in [6.07, 6.45) is 1.76. The predicted molar refractivity (Wildman–Crippen MR) is 74.1 cm³/mol. The lowest BCUT2D eigenvalue weighted by Gasteiger charge is -2.26. The monoisotopic (exact) mass is 338 g/mol. The van der Waals surface area contributed by atoms with Crippen molar-refractivity contribution >= 4 is 21.7 Å². The molecule has 1 N–H and O–H groups in total. The molecule has 20 heavy (non-hydrogen) atoms. The van der Waals surface area contributed by atoms with Crippen molar-refractivity contribution < 1.29 is 9.18 Å². The zero-order chi connectivity index (χ0) is 14.1. The average molecular weight is 339 g/mol. The van der Waals surface area contributed by atoms with Crippen LogP contribution in [0, 0.1) is 5.82 Å². The van der Waals surface area contributed by atoms with Gasteiger partial charge in [-0.15, -0.1) is 5.10 Å². The summed E-state index contributed by atoms with van der Waals surface area (Å²) in [7, 11) is 0. The third-order valence-electron chi connectivity index (χ3n) is 3.22. The number of hydrogen-bond acceptors (Lipinski definition) is 4. The van der Waals surface area contributed by atoms with Gasteiger partial charge in [0.1, 0.15) is 11.5 Å². The van der Waals surface area contributed by atoms with Gasteiger partial charge in [-0.2, -0.15) is 0 Å². The Morgan fingerprint density at radius 3 is 2.90 bits per heavy atom. The second kappa shape index (κ2) is 5.41. The number of nitrogens with zero attached hydrogens (tertiary/aromatic N) is 3. The maximum atomic E-state index is 13.3. The Balaban J connectivity index is 1.73. The first-order valence-electron chi connectivity index (χ1n) is 6.22. The molecule has 1 saturated heterocycles. The normalized spacial score (nSPS) is 15.1.